The first kappa shape index (κ1) is 15.7. The molecule has 1 N–H and O–H groups in total. The van der Waals surface area contributed by atoms with E-state index in [1.165, 1.54) is 12.1 Å². The van der Waals surface area contributed by atoms with Crippen LogP contribution in [0, 0.1) is 5.82 Å². The summed E-state index contributed by atoms with van der Waals surface area (Å²) in [5, 5.41) is 3.05. The van der Waals surface area contributed by atoms with Crippen LogP contribution in [0.5, 0.6) is 0 Å². The van der Waals surface area contributed by atoms with E-state index >= 15 is 0 Å². The van der Waals surface area contributed by atoms with E-state index in [9.17, 15) is 12.8 Å². The number of halogens is 2. The molecule has 1 saturated heterocycles. The van der Waals surface area contributed by atoms with Gasteiger partial charge in [0, 0.05) is 11.1 Å². The average Bonchev–Trinajstić information content (AvgIpc) is 2.40. The summed E-state index contributed by atoms with van der Waals surface area (Å²) in [6, 6.07) is 4.09. The number of likely N-dealkylation sites (N-methyl/N-ethyl adjacent to an activating group) is 1. The maximum Gasteiger partial charge on any atom is 0.154 e. The molecule has 0 bridgehead atoms. The highest BCUT2D eigenvalue weighted by Gasteiger charge is 2.35. The van der Waals surface area contributed by atoms with E-state index in [1.807, 2.05) is 0 Å². The van der Waals surface area contributed by atoms with Gasteiger partial charge in [-0.2, -0.15) is 0 Å². The Morgan fingerprint density at radius 1 is 1.45 bits per heavy atom. The van der Waals surface area contributed by atoms with Gasteiger partial charge in [0.25, 0.3) is 0 Å². The molecule has 0 amide bonds. The van der Waals surface area contributed by atoms with Gasteiger partial charge in [-0.05, 0) is 50.1 Å². The van der Waals surface area contributed by atoms with Gasteiger partial charge < -0.3 is 5.32 Å². The van der Waals surface area contributed by atoms with Gasteiger partial charge in [-0.15, -0.1) is 0 Å². The van der Waals surface area contributed by atoms with Crippen molar-refractivity contribution in [2.45, 2.75) is 37.0 Å². The Labute approximate surface area is 124 Å². The lowest BCUT2D eigenvalue weighted by atomic mass is 9.99. The Morgan fingerprint density at radius 3 is 2.85 bits per heavy atom. The maximum atomic E-state index is 13.8. The molecule has 1 fully saturated rings. The second kappa shape index (κ2) is 6.41. The lowest BCUT2D eigenvalue weighted by Crippen LogP contribution is -2.46. The molecule has 112 valence electrons. The van der Waals surface area contributed by atoms with Crippen molar-refractivity contribution in [1.29, 1.82) is 0 Å². The molecule has 1 aliphatic rings. The van der Waals surface area contributed by atoms with E-state index in [1.54, 1.807) is 13.1 Å². The van der Waals surface area contributed by atoms with Crippen molar-refractivity contribution < 1.29 is 12.8 Å². The van der Waals surface area contributed by atoms with Crippen LogP contribution in [-0.4, -0.2) is 32.5 Å². The molecule has 1 heterocycles. The molecule has 1 aromatic carbocycles. The lowest BCUT2D eigenvalue weighted by Gasteiger charge is -2.30. The Balaban J connectivity index is 2.22. The van der Waals surface area contributed by atoms with Gasteiger partial charge in [0.15, 0.2) is 9.84 Å². The first-order valence-electron chi connectivity index (χ1n) is 6.77. The molecule has 0 aliphatic carbocycles. The van der Waals surface area contributed by atoms with E-state index in [4.69, 9.17) is 11.6 Å². The standard InChI is InChI=1S/C14H19ClFNO2S/c1-17-13(14-4-2-3-7-20(14,18)19)9-10-8-11(15)5-6-12(10)16/h5-6,8,13-14,17H,2-4,7,9H2,1H3. The zero-order valence-electron chi connectivity index (χ0n) is 11.4. The highest BCUT2D eigenvalue weighted by Crippen LogP contribution is 2.25. The van der Waals surface area contributed by atoms with E-state index in [-0.39, 0.29) is 17.6 Å². The van der Waals surface area contributed by atoms with Crippen molar-refractivity contribution in [1.82, 2.24) is 5.32 Å². The summed E-state index contributed by atoms with van der Waals surface area (Å²) < 4.78 is 38.1. The maximum absolute atomic E-state index is 13.8. The number of hydrogen-bond donors (Lipinski definition) is 1. The summed E-state index contributed by atoms with van der Waals surface area (Å²) in [6.45, 7) is 0. The summed E-state index contributed by atoms with van der Waals surface area (Å²) in [6.07, 6.45) is 2.59. The number of rotatable bonds is 4. The Hall–Kier alpha value is -0.650. The zero-order chi connectivity index (χ0) is 14.8. The Kier molecular flexibility index (Phi) is 5.04. The third-order valence-corrected chi connectivity index (χ3v) is 6.48. The van der Waals surface area contributed by atoms with Gasteiger partial charge in [0.1, 0.15) is 5.82 Å². The van der Waals surface area contributed by atoms with Gasteiger partial charge in [0.2, 0.25) is 0 Å². The lowest BCUT2D eigenvalue weighted by molar-refractivity contribution is 0.450. The van der Waals surface area contributed by atoms with Crippen molar-refractivity contribution in [2.24, 2.45) is 0 Å². The first-order chi connectivity index (χ1) is 9.44. The molecule has 6 heteroatoms. The Bertz CT molecular complexity index is 577. The molecule has 3 nitrogen and oxygen atoms in total. The van der Waals surface area contributed by atoms with Gasteiger partial charge in [-0.3, -0.25) is 0 Å². The number of sulfone groups is 1. The molecule has 0 radical (unpaired) electrons. The van der Waals surface area contributed by atoms with Crippen LogP contribution in [0.3, 0.4) is 0 Å². The van der Waals surface area contributed by atoms with Crippen LogP contribution in [0.25, 0.3) is 0 Å². The van der Waals surface area contributed by atoms with Crippen molar-refractivity contribution in [2.75, 3.05) is 12.8 Å². The largest absolute Gasteiger partial charge is 0.315 e. The summed E-state index contributed by atoms with van der Waals surface area (Å²) in [4.78, 5) is 0. The summed E-state index contributed by atoms with van der Waals surface area (Å²) in [5.74, 6) is -0.115. The van der Waals surface area contributed by atoms with Crippen LogP contribution < -0.4 is 5.32 Å². The molecule has 2 unspecified atom stereocenters. The monoisotopic (exact) mass is 319 g/mol. The van der Waals surface area contributed by atoms with E-state index < -0.39 is 15.1 Å². The fraction of sp³-hybridized carbons (Fsp3) is 0.571. The normalized spacial score (nSPS) is 23.4. The topological polar surface area (TPSA) is 46.2 Å². The smallest absolute Gasteiger partial charge is 0.154 e. The van der Waals surface area contributed by atoms with Crippen LogP contribution in [0.2, 0.25) is 5.02 Å². The van der Waals surface area contributed by atoms with Gasteiger partial charge in [-0.25, -0.2) is 12.8 Å². The molecule has 20 heavy (non-hydrogen) atoms. The fourth-order valence-electron chi connectivity index (χ4n) is 2.79. The Morgan fingerprint density at radius 2 is 2.20 bits per heavy atom. The summed E-state index contributed by atoms with van der Waals surface area (Å²) in [5.41, 5.74) is 0.456. The van der Waals surface area contributed by atoms with Crippen molar-refractivity contribution in [3.63, 3.8) is 0 Å². The van der Waals surface area contributed by atoms with E-state index in [2.05, 4.69) is 5.32 Å². The molecule has 0 aromatic heterocycles. The predicted molar refractivity (Wildman–Crippen MR) is 79.4 cm³/mol. The molecular weight excluding hydrogens is 301 g/mol. The highest BCUT2D eigenvalue weighted by atomic mass is 35.5. The van der Waals surface area contributed by atoms with Gasteiger partial charge in [-0.1, -0.05) is 18.0 Å². The van der Waals surface area contributed by atoms with Crippen LogP contribution >= 0.6 is 11.6 Å². The van der Waals surface area contributed by atoms with Gasteiger partial charge >= 0.3 is 0 Å². The second-order valence-electron chi connectivity index (χ2n) is 5.24. The minimum absolute atomic E-state index is 0.230. The molecular formula is C14H19ClFNO2S. The first-order valence-corrected chi connectivity index (χ1v) is 8.86. The van der Waals surface area contributed by atoms with Crippen LogP contribution in [0.4, 0.5) is 4.39 Å². The molecule has 0 spiro atoms. The molecule has 1 aliphatic heterocycles. The zero-order valence-corrected chi connectivity index (χ0v) is 13.0. The third kappa shape index (κ3) is 3.51. The summed E-state index contributed by atoms with van der Waals surface area (Å²) in [7, 11) is -1.38. The summed E-state index contributed by atoms with van der Waals surface area (Å²) >= 11 is 5.88. The SMILES string of the molecule is CNC(Cc1cc(Cl)ccc1F)C1CCCCS1(=O)=O. The quantitative estimate of drug-likeness (QED) is 0.928. The third-order valence-electron chi connectivity index (χ3n) is 3.90. The van der Waals surface area contributed by atoms with Crippen LogP contribution in [0.15, 0.2) is 18.2 Å². The van der Waals surface area contributed by atoms with E-state index in [0.717, 1.165) is 12.8 Å². The molecule has 1 aromatic rings. The van der Waals surface area contributed by atoms with Crippen LogP contribution in [-0.2, 0) is 16.3 Å². The second-order valence-corrected chi connectivity index (χ2v) is 8.01. The number of nitrogens with one attached hydrogen (secondary N) is 1. The average molecular weight is 320 g/mol. The molecule has 2 rings (SSSR count). The molecule has 2 atom stereocenters. The number of hydrogen-bond acceptors (Lipinski definition) is 3. The minimum atomic E-state index is -3.10. The fourth-order valence-corrected chi connectivity index (χ4v) is 5.15. The minimum Gasteiger partial charge on any atom is -0.315 e. The van der Waals surface area contributed by atoms with Crippen molar-refractivity contribution in [3.05, 3.63) is 34.6 Å². The van der Waals surface area contributed by atoms with Crippen molar-refractivity contribution in [3.8, 4) is 0 Å². The van der Waals surface area contributed by atoms with Gasteiger partial charge in [0.05, 0.1) is 11.0 Å². The number of benzene rings is 1. The highest BCUT2D eigenvalue weighted by molar-refractivity contribution is 7.92. The van der Waals surface area contributed by atoms with Crippen LogP contribution in [0.1, 0.15) is 24.8 Å². The molecule has 0 saturated carbocycles. The van der Waals surface area contributed by atoms with E-state index in [0.29, 0.717) is 23.4 Å². The van der Waals surface area contributed by atoms with Crippen molar-refractivity contribution >= 4 is 21.4 Å². The predicted octanol–water partition coefficient (Wildman–Crippen LogP) is 2.58.